The van der Waals surface area contributed by atoms with Gasteiger partial charge < -0.3 is 10.3 Å². The van der Waals surface area contributed by atoms with Gasteiger partial charge in [0.2, 0.25) is 5.82 Å². The third kappa shape index (κ3) is 2.62. The Hall–Kier alpha value is -2.44. The first-order chi connectivity index (χ1) is 8.68. The fourth-order valence-corrected chi connectivity index (χ4v) is 1.64. The second kappa shape index (κ2) is 5.26. The van der Waals surface area contributed by atoms with E-state index in [1.54, 1.807) is 31.6 Å². The maximum absolute atomic E-state index is 10.9. The second-order valence-electron chi connectivity index (χ2n) is 3.79. The minimum atomic E-state index is -0.419. The van der Waals surface area contributed by atoms with E-state index in [1.807, 2.05) is 0 Å². The van der Waals surface area contributed by atoms with Crippen LogP contribution in [0.3, 0.4) is 0 Å². The van der Waals surface area contributed by atoms with E-state index in [2.05, 4.69) is 20.3 Å². The van der Waals surface area contributed by atoms with Gasteiger partial charge in [-0.05, 0) is 13.0 Å². The summed E-state index contributed by atoms with van der Waals surface area (Å²) in [5.74, 6) is 1.13. The molecule has 2 heterocycles. The zero-order chi connectivity index (χ0) is 13.0. The summed E-state index contributed by atoms with van der Waals surface area (Å²) in [6.45, 7) is 2.22. The van der Waals surface area contributed by atoms with Crippen LogP contribution >= 0.6 is 0 Å². The summed E-state index contributed by atoms with van der Waals surface area (Å²) in [7, 11) is 0. The van der Waals surface area contributed by atoms with Crippen molar-refractivity contribution >= 4 is 11.5 Å². The molecule has 0 radical (unpaired) electrons. The Morgan fingerprint density at radius 2 is 2.28 bits per heavy atom. The predicted octanol–water partition coefficient (Wildman–Crippen LogP) is 1.68. The normalized spacial score (nSPS) is 10.3. The van der Waals surface area contributed by atoms with Crippen molar-refractivity contribution in [2.24, 2.45) is 0 Å². The zero-order valence-corrected chi connectivity index (χ0v) is 9.88. The van der Waals surface area contributed by atoms with Crippen molar-refractivity contribution < 1.29 is 4.92 Å². The third-order valence-corrected chi connectivity index (χ3v) is 2.52. The molecule has 0 spiro atoms. The molecule has 0 unspecified atom stereocenters. The van der Waals surface area contributed by atoms with Crippen molar-refractivity contribution in [1.82, 2.24) is 15.0 Å². The molecule has 2 aromatic heterocycles. The van der Waals surface area contributed by atoms with Crippen molar-refractivity contribution in [1.29, 1.82) is 0 Å². The minimum Gasteiger partial charge on any atom is -0.364 e. The van der Waals surface area contributed by atoms with Crippen LogP contribution in [0.2, 0.25) is 0 Å². The molecule has 0 aromatic carbocycles. The van der Waals surface area contributed by atoms with Crippen LogP contribution in [0.4, 0.5) is 11.5 Å². The number of pyridine rings is 1. The standard InChI is InChI=1S/C11H13N5O2/c1-8-2-4-14-11(10(8)16(17)18)15-5-3-9-12-6-7-13-9/h2,4,6-7H,3,5H2,1H3,(H,12,13)(H,14,15). The molecule has 94 valence electrons. The molecule has 2 aromatic rings. The summed E-state index contributed by atoms with van der Waals surface area (Å²) >= 11 is 0. The predicted molar refractivity (Wildman–Crippen MR) is 66.4 cm³/mol. The minimum absolute atomic E-state index is 0.0249. The van der Waals surface area contributed by atoms with E-state index >= 15 is 0 Å². The highest BCUT2D eigenvalue weighted by molar-refractivity contribution is 5.59. The van der Waals surface area contributed by atoms with E-state index in [9.17, 15) is 10.1 Å². The first kappa shape index (κ1) is 12.0. The number of anilines is 1. The number of aromatic amines is 1. The number of imidazole rings is 1. The average molecular weight is 247 g/mol. The largest absolute Gasteiger partial charge is 0.364 e. The number of rotatable bonds is 5. The van der Waals surface area contributed by atoms with Gasteiger partial charge in [0, 0.05) is 37.1 Å². The number of nitrogens with one attached hydrogen (secondary N) is 2. The molecule has 0 aliphatic heterocycles. The number of nitro groups is 1. The molecule has 0 saturated heterocycles. The molecule has 2 rings (SSSR count). The van der Waals surface area contributed by atoms with E-state index in [0.717, 1.165) is 5.82 Å². The fourth-order valence-electron chi connectivity index (χ4n) is 1.64. The van der Waals surface area contributed by atoms with Gasteiger partial charge in [-0.2, -0.15) is 0 Å². The summed E-state index contributed by atoms with van der Waals surface area (Å²) in [5.41, 5.74) is 0.618. The van der Waals surface area contributed by atoms with Gasteiger partial charge in [0.25, 0.3) is 0 Å². The number of aromatic nitrogens is 3. The van der Waals surface area contributed by atoms with Crippen molar-refractivity contribution in [3.63, 3.8) is 0 Å². The van der Waals surface area contributed by atoms with E-state index in [1.165, 1.54) is 0 Å². The molecular formula is C11H13N5O2. The molecule has 18 heavy (non-hydrogen) atoms. The van der Waals surface area contributed by atoms with Crippen LogP contribution in [0.1, 0.15) is 11.4 Å². The Labute approximate surface area is 103 Å². The van der Waals surface area contributed by atoms with Crippen LogP contribution in [0.15, 0.2) is 24.7 Å². The molecule has 0 atom stereocenters. The van der Waals surface area contributed by atoms with Crippen molar-refractivity contribution in [3.05, 3.63) is 46.2 Å². The maximum atomic E-state index is 10.9. The number of hydrogen-bond donors (Lipinski definition) is 2. The Morgan fingerprint density at radius 3 is 2.94 bits per heavy atom. The van der Waals surface area contributed by atoms with Crippen LogP contribution in [0, 0.1) is 17.0 Å². The van der Waals surface area contributed by atoms with Crippen molar-refractivity contribution in [2.75, 3.05) is 11.9 Å². The SMILES string of the molecule is Cc1ccnc(NCCc2ncc[nH]2)c1[N+](=O)[O-]. The first-order valence-electron chi connectivity index (χ1n) is 5.50. The average Bonchev–Trinajstić information content (AvgIpc) is 2.81. The van der Waals surface area contributed by atoms with E-state index in [-0.39, 0.29) is 5.69 Å². The monoisotopic (exact) mass is 247 g/mol. The van der Waals surface area contributed by atoms with Crippen LogP contribution < -0.4 is 5.32 Å². The van der Waals surface area contributed by atoms with Gasteiger partial charge in [-0.1, -0.05) is 0 Å². The van der Waals surface area contributed by atoms with Gasteiger partial charge in [0.15, 0.2) is 0 Å². The van der Waals surface area contributed by atoms with E-state index in [4.69, 9.17) is 0 Å². The van der Waals surface area contributed by atoms with Gasteiger partial charge >= 0.3 is 5.69 Å². The number of nitrogens with zero attached hydrogens (tertiary/aromatic N) is 3. The summed E-state index contributed by atoms with van der Waals surface area (Å²) < 4.78 is 0. The third-order valence-electron chi connectivity index (χ3n) is 2.52. The quantitative estimate of drug-likeness (QED) is 0.618. The Morgan fingerprint density at radius 1 is 1.44 bits per heavy atom. The highest BCUT2D eigenvalue weighted by Gasteiger charge is 2.17. The Bertz CT molecular complexity index is 538. The van der Waals surface area contributed by atoms with Crippen molar-refractivity contribution in [3.8, 4) is 0 Å². The molecule has 0 aliphatic carbocycles. The van der Waals surface area contributed by atoms with Crippen LogP contribution in [-0.4, -0.2) is 26.4 Å². The topological polar surface area (TPSA) is 96.7 Å². The number of hydrogen-bond acceptors (Lipinski definition) is 5. The number of aryl methyl sites for hydroxylation is 1. The van der Waals surface area contributed by atoms with Gasteiger partial charge in [-0.25, -0.2) is 9.97 Å². The summed E-state index contributed by atoms with van der Waals surface area (Å²) in [6.07, 6.45) is 5.61. The highest BCUT2D eigenvalue weighted by atomic mass is 16.6. The fraction of sp³-hybridized carbons (Fsp3) is 0.273. The van der Waals surface area contributed by atoms with Crippen molar-refractivity contribution in [2.45, 2.75) is 13.3 Å². The zero-order valence-electron chi connectivity index (χ0n) is 9.88. The lowest BCUT2D eigenvalue weighted by molar-refractivity contribution is -0.384. The molecule has 0 fully saturated rings. The summed E-state index contributed by atoms with van der Waals surface area (Å²) in [4.78, 5) is 21.6. The molecule has 0 aliphatic rings. The first-order valence-corrected chi connectivity index (χ1v) is 5.50. The summed E-state index contributed by atoms with van der Waals surface area (Å²) in [6, 6.07) is 1.62. The Kier molecular flexibility index (Phi) is 3.52. The van der Waals surface area contributed by atoms with Crippen LogP contribution in [0.25, 0.3) is 0 Å². The van der Waals surface area contributed by atoms with Gasteiger partial charge in [-0.15, -0.1) is 0 Å². The Balaban J connectivity index is 2.05. The molecule has 7 nitrogen and oxygen atoms in total. The van der Waals surface area contributed by atoms with Gasteiger partial charge in [0.1, 0.15) is 5.82 Å². The highest BCUT2D eigenvalue weighted by Crippen LogP contribution is 2.25. The maximum Gasteiger partial charge on any atom is 0.314 e. The number of H-pyrrole nitrogens is 1. The lowest BCUT2D eigenvalue weighted by Gasteiger charge is -2.06. The van der Waals surface area contributed by atoms with Crippen LogP contribution in [0.5, 0.6) is 0 Å². The van der Waals surface area contributed by atoms with Gasteiger partial charge in [0.05, 0.1) is 4.92 Å². The molecule has 0 amide bonds. The van der Waals surface area contributed by atoms with E-state index in [0.29, 0.717) is 24.3 Å². The van der Waals surface area contributed by atoms with Gasteiger partial charge in [-0.3, -0.25) is 10.1 Å². The lowest BCUT2D eigenvalue weighted by atomic mass is 10.2. The molecule has 0 bridgehead atoms. The van der Waals surface area contributed by atoms with Crippen LogP contribution in [-0.2, 0) is 6.42 Å². The molecule has 0 saturated carbocycles. The lowest BCUT2D eigenvalue weighted by Crippen LogP contribution is -2.09. The molecular weight excluding hydrogens is 234 g/mol. The summed E-state index contributed by atoms with van der Waals surface area (Å²) in [5, 5.41) is 13.9. The smallest absolute Gasteiger partial charge is 0.314 e. The van der Waals surface area contributed by atoms with E-state index < -0.39 is 4.92 Å². The molecule has 7 heteroatoms. The second-order valence-corrected chi connectivity index (χ2v) is 3.79. The molecule has 2 N–H and O–H groups in total.